The zero-order chi connectivity index (χ0) is 37.7. The lowest BCUT2D eigenvalue weighted by Gasteiger charge is -2.27. The van der Waals surface area contributed by atoms with Crippen LogP contribution in [0.1, 0.15) is 0 Å². The molecule has 0 spiro atoms. The molecule has 6 heteroatoms. The highest BCUT2D eigenvalue weighted by Crippen LogP contribution is 2.48. The Bertz CT molecular complexity index is 3170. The van der Waals surface area contributed by atoms with Gasteiger partial charge >= 0.3 is 0 Å². The van der Waals surface area contributed by atoms with Gasteiger partial charge in [-0.2, -0.15) is 0 Å². The van der Waals surface area contributed by atoms with E-state index < -0.39 is 0 Å². The van der Waals surface area contributed by atoms with Crippen molar-refractivity contribution in [2.24, 2.45) is 0 Å². The molecule has 0 fully saturated rings. The molecule has 0 amide bonds. The summed E-state index contributed by atoms with van der Waals surface area (Å²) in [5, 5.41) is 4.03. The van der Waals surface area contributed by atoms with Crippen molar-refractivity contribution in [1.82, 2.24) is 15.0 Å². The van der Waals surface area contributed by atoms with Gasteiger partial charge in [-0.3, -0.25) is 0 Å². The lowest BCUT2D eigenvalue weighted by Crippen LogP contribution is -2.11. The van der Waals surface area contributed by atoms with Gasteiger partial charge in [0, 0.05) is 33.0 Å². The monoisotopic (exact) mass is 732 g/mol. The number of nitrogens with zero attached hydrogens (tertiary/aromatic N) is 4. The molecule has 11 aromatic rings. The first-order chi connectivity index (χ1) is 28.3. The van der Waals surface area contributed by atoms with Crippen molar-refractivity contribution in [3.05, 3.63) is 194 Å². The first-order valence-electron chi connectivity index (χ1n) is 18.9. The Hall–Kier alpha value is -7.83. The quantitative estimate of drug-likeness (QED) is 0.162. The molecule has 268 valence electrons. The van der Waals surface area contributed by atoms with Gasteiger partial charge in [-0.15, -0.1) is 0 Å². The van der Waals surface area contributed by atoms with E-state index in [0.29, 0.717) is 23.1 Å². The maximum atomic E-state index is 6.85. The van der Waals surface area contributed by atoms with Crippen LogP contribution < -0.4 is 4.90 Å². The Kier molecular flexibility index (Phi) is 7.71. The highest BCUT2D eigenvalue weighted by Gasteiger charge is 2.26. The standard InChI is InChI=1S/C51H32N4O2/c1-4-15-33(16-5-1)34-27-29-37(30-28-34)55(43-24-14-23-39-38-21-10-12-25-44(38)56-47(39)43)42-32-31-41(48-46(42)40-22-11-13-26-45(40)57-48)51-53-49(35-17-6-2-7-18-35)52-50(54-51)36-19-8-3-9-20-36/h1-32H. The van der Waals surface area contributed by atoms with Crippen LogP contribution in [0, 0.1) is 0 Å². The first-order valence-corrected chi connectivity index (χ1v) is 18.9. The molecule has 0 aliphatic heterocycles. The van der Waals surface area contributed by atoms with Gasteiger partial charge in [0.05, 0.1) is 22.3 Å². The van der Waals surface area contributed by atoms with Crippen molar-refractivity contribution in [3.63, 3.8) is 0 Å². The average molecular weight is 733 g/mol. The lowest BCUT2D eigenvalue weighted by atomic mass is 10.0. The van der Waals surface area contributed by atoms with E-state index in [2.05, 4.69) is 108 Å². The van der Waals surface area contributed by atoms with Crippen LogP contribution in [-0.2, 0) is 0 Å². The van der Waals surface area contributed by atoms with E-state index >= 15 is 0 Å². The number of hydrogen-bond donors (Lipinski definition) is 0. The molecule has 0 atom stereocenters. The number of rotatable bonds is 7. The zero-order valence-electron chi connectivity index (χ0n) is 30.6. The van der Waals surface area contributed by atoms with Crippen LogP contribution in [0.15, 0.2) is 203 Å². The maximum Gasteiger partial charge on any atom is 0.167 e. The number of benzene rings is 8. The number of anilines is 3. The summed E-state index contributed by atoms with van der Waals surface area (Å²) in [6.07, 6.45) is 0. The molecule has 8 aromatic carbocycles. The molecule has 0 aliphatic rings. The van der Waals surface area contributed by atoms with Crippen molar-refractivity contribution >= 4 is 60.9 Å². The van der Waals surface area contributed by atoms with Crippen molar-refractivity contribution < 1.29 is 8.83 Å². The lowest BCUT2D eigenvalue weighted by molar-refractivity contribution is 0.668. The van der Waals surface area contributed by atoms with Gasteiger partial charge in [-0.1, -0.05) is 152 Å². The zero-order valence-corrected chi connectivity index (χ0v) is 30.6. The number of aromatic nitrogens is 3. The molecule has 0 saturated carbocycles. The Morgan fingerprint density at radius 2 is 0.842 bits per heavy atom. The summed E-state index contributed by atoms with van der Waals surface area (Å²) in [4.78, 5) is 17.4. The second-order valence-electron chi connectivity index (χ2n) is 14.0. The molecule has 57 heavy (non-hydrogen) atoms. The SMILES string of the molecule is c1ccc(-c2ccc(N(c3cccc4c3oc3ccccc34)c3ccc(-c4nc(-c5ccccc5)nc(-c5ccccc5)n4)c4oc5ccccc5c34)cc2)cc1. The van der Waals surface area contributed by atoms with E-state index in [1.807, 2.05) is 91.0 Å². The summed E-state index contributed by atoms with van der Waals surface area (Å²) >= 11 is 0. The Morgan fingerprint density at radius 1 is 0.333 bits per heavy atom. The largest absolute Gasteiger partial charge is 0.455 e. The average Bonchev–Trinajstić information content (AvgIpc) is 3.87. The third-order valence-corrected chi connectivity index (χ3v) is 10.5. The fourth-order valence-electron chi connectivity index (χ4n) is 7.85. The van der Waals surface area contributed by atoms with Gasteiger partial charge in [0.15, 0.2) is 23.1 Å². The third-order valence-electron chi connectivity index (χ3n) is 10.5. The summed E-state index contributed by atoms with van der Waals surface area (Å²) in [7, 11) is 0. The van der Waals surface area contributed by atoms with E-state index in [-0.39, 0.29) is 0 Å². The Balaban J connectivity index is 1.18. The minimum atomic E-state index is 0.525. The van der Waals surface area contributed by atoms with Crippen LogP contribution in [0.4, 0.5) is 17.1 Å². The van der Waals surface area contributed by atoms with Crippen LogP contribution in [0.2, 0.25) is 0 Å². The molecule has 3 aromatic heterocycles. The van der Waals surface area contributed by atoms with Crippen molar-refractivity contribution in [3.8, 4) is 45.3 Å². The van der Waals surface area contributed by atoms with Crippen LogP contribution in [0.3, 0.4) is 0 Å². The predicted molar refractivity (Wildman–Crippen MR) is 231 cm³/mol. The smallest absolute Gasteiger partial charge is 0.167 e. The minimum Gasteiger partial charge on any atom is -0.455 e. The summed E-state index contributed by atoms with van der Waals surface area (Å²) < 4.78 is 13.5. The topological polar surface area (TPSA) is 68.2 Å². The highest BCUT2D eigenvalue weighted by molar-refractivity contribution is 6.18. The first kappa shape index (κ1) is 32.6. The summed E-state index contributed by atoms with van der Waals surface area (Å²) in [6, 6.07) is 66.2. The van der Waals surface area contributed by atoms with E-state index in [1.54, 1.807) is 0 Å². The molecule has 0 bridgehead atoms. The minimum absolute atomic E-state index is 0.525. The van der Waals surface area contributed by atoms with E-state index in [0.717, 1.165) is 83.2 Å². The predicted octanol–water partition coefficient (Wildman–Crippen LogP) is 13.8. The van der Waals surface area contributed by atoms with E-state index in [4.69, 9.17) is 23.8 Å². The van der Waals surface area contributed by atoms with E-state index in [9.17, 15) is 0 Å². The fourth-order valence-corrected chi connectivity index (χ4v) is 7.85. The van der Waals surface area contributed by atoms with Crippen molar-refractivity contribution in [2.75, 3.05) is 4.90 Å². The van der Waals surface area contributed by atoms with Crippen LogP contribution in [0.5, 0.6) is 0 Å². The number of furan rings is 2. The maximum absolute atomic E-state index is 6.85. The molecule has 0 aliphatic carbocycles. The third kappa shape index (κ3) is 5.62. The summed E-state index contributed by atoms with van der Waals surface area (Å²) in [5.41, 5.74) is 10.8. The van der Waals surface area contributed by atoms with Gasteiger partial charge in [0.1, 0.15) is 16.7 Å². The Morgan fingerprint density at radius 3 is 1.51 bits per heavy atom. The van der Waals surface area contributed by atoms with Crippen LogP contribution in [-0.4, -0.2) is 15.0 Å². The van der Waals surface area contributed by atoms with Gasteiger partial charge in [-0.05, 0) is 53.6 Å². The van der Waals surface area contributed by atoms with Crippen molar-refractivity contribution in [1.29, 1.82) is 0 Å². The summed E-state index contributed by atoms with van der Waals surface area (Å²) in [6.45, 7) is 0. The number of para-hydroxylation sites is 3. The second kappa shape index (κ2) is 13.5. The summed E-state index contributed by atoms with van der Waals surface area (Å²) in [5.74, 6) is 1.70. The molecule has 0 radical (unpaired) electrons. The van der Waals surface area contributed by atoms with Gasteiger partial charge in [-0.25, -0.2) is 15.0 Å². The molecule has 0 unspecified atom stereocenters. The molecular weight excluding hydrogens is 701 g/mol. The van der Waals surface area contributed by atoms with Crippen LogP contribution >= 0.6 is 0 Å². The number of fused-ring (bicyclic) bond motifs is 6. The number of hydrogen-bond acceptors (Lipinski definition) is 6. The van der Waals surface area contributed by atoms with Gasteiger partial charge in [0.2, 0.25) is 0 Å². The van der Waals surface area contributed by atoms with E-state index in [1.165, 1.54) is 0 Å². The molecule has 3 heterocycles. The molecule has 6 nitrogen and oxygen atoms in total. The van der Waals surface area contributed by atoms with Gasteiger partial charge in [0.25, 0.3) is 0 Å². The highest BCUT2D eigenvalue weighted by atomic mass is 16.3. The molecule has 0 saturated heterocycles. The molecular formula is C51H32N4O2. The second-order valence-corrected chi connectivity index (χ2v) is 14.0. The normalized spacial score (nSPS) is 11.5. The van der Waals surface area contributed by atoms with Crippen molar-refractivity contribution in [2.45, 2.75) is 0 Å². The molecule has 11 rings (SSSR count). The molecule has 0 N–H and O–H groups in total. The fraction of sp³-hybridized carbons (Fsp3) is 0. The van der Waals surface area contributed by atoms with Gasteiger partial charge < -0.3 is 13.7 Å². The Labute approximate surface area is 328 Å². The van der Waals surface area contributed by atoms with Crippen LogP contribution in [0.25, 0.3) is 89.2 Å².